The van der Waals surface area contributed by atoms with Crippen LogP contribution in [0.5, 0.6) is 5.75 Å². The molecule has 63 heavy (non-hydrogen) atoms. The zero-order valence-electron chi connectivity index (χ0n) is 37.4. The fraction of sp³-hybridized carbons (Fsp3) is 0.511. The number of H-pyrrole nitrogens is 2. The number of nitrogens with one attached hydrogen (secondary N) is 4. The van der Waals surface area contributed by atoms with Crippen LogP contribution in [0.25, 0.3) is 44.2 Å². The normalized spacial score (nSPS) is 21.7. The molecule has 16 heteroatoms. The van der Waals surface area contributed by atoms with E-state index in [9.17, 15) is 19.5 Å². The van der Waals surface area contributed by atoms with Crippen molar-refractivity contribution in [2.24, 2.45) is 17.8 Å². The summed E-state index contributed by atoms with van der Waals surface area (Å²) in [6.07, 6.45) is 2.65. The van der Waals surface area contributed by atoms with Crippen LogP contribution in [0.15, 0.2) is 48.7 Å². The molecular weight excluding hydrogens is 805 g/mol. The minimum absolute atomic E-state index is 0.0267. The SMILES string of the molecule is CC[C@H](C)[C@H](NC(=O)OC)C(=O)N1C(c2nc3c(ccc4cc5c(cc43)OCc3cc(-c4cnc(C6C[C@H](COC)CN6C(O)[C@@H](NC(=O)OC)C(C)C)[nH]4)ccc3-5)[nH]2)CC[C@@H]1C. The van der Waals surface area contributed by atoms with Gasteiger partial charge in [-0.25, -0.2) is 19.6 Å². The van der Waals surface area contributed by atoms with Crippen LogP contribution in [0, 0.1) is 17.8 Å². The van der Waals surface area contributed by atoms with E-state index in [0.29, 0.717) is 19.8 Å². The van der Waals surface area contributed by atoms with Crippen molar-refractivity contribution in [3.8, 4) is 28.1 Å². The number of hydrogen-bond acceptors (Lipinski definition) is 11. The molecule has 0 saturated carbocycles. The third-order valence-corrected chi connectivity index (χ3v) is 13.4. The molecule has 2 aromatic heterocycles. The van der Waals surface area contributed by atoms with Crippen LogP contribution < -0.4 is 15.4 Å². The van der Waals surface area contributed by atoms with E-state index in [2.05, 4.69) is 57.0 Å². The van der Waals surface area contributed by atoms with Gasteiger partial charge in [0.25, 0.3) is 0 Å². The monoisotopic (exact) mass is 864 g/mol. The number of likely N-dealkylation sites (tertiary alicyclic amines) is 2. The third-order valence-electron chi connectivity index (χ3n) is 13.4. The average molecular weight is 865 g/mol. The number of aromatic amines is 2. The highest BCUT2D eigenvalue weighted by Gasteiger charge is 2.43. The molecule has 3 unspecified atom stereocenters. The molecule has 3 aromatic carbocycles. The van der Waals surface area contributed by atoms with Gasteiger partial charge < -0.3 is 49.6 Å². The number of hydrogen-bond donors (Lipinski definition) is 5. The van der Waals surface area contributed by atoms with Crippen LogP contribution in [-0.2, 0) is 25.6 Å². The molecule has 16 nitrogen and oxygen atoms in total. The number of benzene rings is 3. The summed E-state index contributed by atoms with van der Waals surface area (Å²) in [4.78, 5) is 59.6. The quantitative estimate of drug-likeness (QED) is 0.0803. The first-order chi connectivity index (χ1) is 30.3. The van der Waals surface area contributed by atoms with E-state index in [1.54, 1.807) is 7.11 Å². The molecular formula is C47H60N8O8. The average Bonchev–Trinajstić information content (AvgIpc) is 4.11. The number of rotatable bonds is 13. The fourth-order valence-corrected chi connectivity index (χ4v) is 9.79. The summed E-state index contributed by atoms with van der Waals surface area (Å²) < 4.78 is 21.7. The van der Waals surface area contributed by atoms with Gasteiger partial charge in [0.1, 0.15) is 36.3 Å². The summed E-state index contributed by atoms with van der Waals surface area (Å²) in [6, 6.07) is 12.9. The Balaban J connectivity index is 1.05. The molecule has 336 valence electrons. The van der Waals surface area contributed by atoms with Gasteiger partial charge in [0.15, 0.2) is 0 Å². The van der Waals surface area contributed by atoms with Gasteiger partial charge in [-0.15, -0.1) is 0 Å². The molecule has 0 aliphatic carbocycles. The summed E-state index contributed by atoms with van der Waals surface area (Å²) in [5.74, 6) is 2.11. The first-order valence-electron chi connectivity index (χ1n) is 22.0. The molecule has 0 bridgehead atoms. The van der Waals surface area contributed by atoms with E-state index in [-0.39, 0.29) is 41.8 Å². The number of fused-ring (bicyclic) bond motifs is 6. The summed E-state index contributed by atoms with van der Waals surface area (Å²) >= 11 is 0. The van der Waals surface area contributed by atoms with E-state index in [1.165, 1.54) is 14.2 Å². The molecule has 5 aromatic rings. The second kappa shape index (κ2) is 18.2. The molecule has 2 saturated heterocycles. The zero-order chi connectivity index (χ0) is 44.7. The molecule has 3 aliphatic rings. The first kappa shape index (κ1) is 43.9. The van der Waals surface area contributed by atoms with Gasteiger partial charge >= 0.3 is 12.2 Å². The van der Waals surface area contributed by atoms with Crippen LogP contribution in [-0.4, -0.2) is 112 Å². The van der Waals surface area contributed by atoms with E-state index >= 15 is 0 Å². The third kappa shape index (κ3) is 8.43. The van der Waals surface area contributed by atoms with Gasteiger partial charge in [-0.3, -0.25) is 9.69 Å². The van der Waals surface area contributed by atoms with Crippen molar-refractivity contribution in [1.82, 2.24) is 40.4 Å². The van der Waals surface area contributed by atoms with Gasteiger partial charge in [0.05, 0.1) is 61.9 Å². The van der Waals surface area contributed by atoms with Crippen molar-refractivity contribution >= 4 is 39.9 Å². The number of nitrogens with zero attached hydrogens (tertiary/aromatic N) is 4. The lowest BCUT2D eigenvalue weighted by atomic mass is 9.92. The van der Waals surface area contributed by atoms with Crippen molar-refractivity contribution in [1.29, 1.82) is 0 Å². The number of imidazole rings is 2. The Kier molecular flexibility index (Phi) is 12.7. The lowest BCUT2D eigenvalue weighted by Gasteiger charge is -2.36. The molecule has 8 atom stereocenters. The molecule has 3 aliphatic heterocycles. The smallest absolute Gasteiger partial charge is 0.407 e. The Morgan fingerprint density at radius 1 is 0.952 bits per heavy atom. The highest BCUT2D eigenvalue weighted by molar-refractivity contribution is 6.07. The van der Waals surface area contributed by atoms with Crippen molar-refractivity contribution < 1.29 is 38.4 Å². The largest absolute Gasteiger partial charge is 0.488 e. The minimum atomic E-state index is -0.976. The van der Waals surface area contributed by atoms with E-state index < -0.39 is 30.5 Å². The predicted octanol–water partition coefficient (Wildman–Crippen LogP) is 7.20. The van der Waals surface area contributed by atoms with Crippen LogP contribution >= 0.6 is 0 Å². The number of carbonyl (C=O) groups excluding carboxylic acids is 3. The molecule has 0 spiro atoms. The van der Waals surface area contributed by atoms with Gasteiger partial charge in [-0.2, -0.15) is 0 Å². The lowest BCUT2D eigenvalue weighted by Crippen LogP contribution is -2.54. The molecule has 3 amide bonds. The van der Waals surface area contributed by atoms with E-state index in [4.69, 9.17) is 28.9 Å². The molecule has 2 fully saturated rings. The van der Waals surface area contributed by atoms with E-state index in [0.717, 1.165) is 92.8 Å². The molecule has 8 rings (SSSR count). The first-order valence-corrected chi connectivity index (χ1v) is 22.0. The molecule has 0 radical (unpaired) electrons. The highest BCUT2D eigenvalue weighted by atomic mass is 16.5. The number of ether oxygens (including phenoxy) is 4. The second-order valence-corrected chi connectivity index (χ2v) is 17.8. The Labute approximate surface area is 367 Å². The highest BCUT2D eigenvalue weighted by Crippen LogP contribution is 2.44. The van der Waals surface area contributed by atoms with Crippen LogP contribution in [0.1, 0.15) is 89.6 Å². The minimum Gasteiger partial charge on any atom is -0.488 e. The number of methoxy groups -OCH3 is 3. The standard InChI is InChI=1S/C47H60N8O8/c1-9-25(4)40(53-47(59)62-8)45(57)55-26(5)10-15-36(55)43-49-34-14-12-28-18-33-31-13-11-29(17-30(31)23-63-38(33)19-32(28)41(34)51-43)35-20-48-42(50-35)37-16-27(22-60-6)21-54(37)44(56)39(24(2)3)52-46(58)61-7/h11-14,17-20,24-27,36-37,39-40,44,56H,9-10,15-16,21-23H2,1-8H3,(H,48,50)(H,49,51)(H,52,58)(H,53,59)/t25-,26-,27-,36?,37?,39-,40-,44?/m0/s1. The number of aliphatic hydroxyl groups excluding tert-OH is 1. The Bertz CT molecular complexity index is 2480. The lowest BCUT2D eigenvalue weighted by molar-refractivity contribution is -0.137. The van der Waals surface area contributed by atoms with Crippen LogP contribution in [0.4, 0.5) is 9.59 Å². The maximum absolute atomic E-state index is 14.1. The predicted molar refractivity (Wildman–Crippen MR) is 238 cm³/mol. The Hall–Kier alpha value is -5.71. The number of carbonyl (C=O) groups is 3. The van der Waals surface area contributed by atoms with Crippen LogP contribution in [0.3, 0.4) is 0 Å². The maximum atomic E-state index is 14.1. The summed E-state index contributed by atoms with van der Waals surface area (Å²) in [5, 5.41) is 19.3. The number of amides is 3. The van der Waals surface area contributed by atoms with Crippen molar-refractivity contribution in [2.75, 3.05) is 34.5 Å². The fourth-order valence-electron chi connectivity index (χ4n) is 9.79. The number of aliphatic hydroxyl groups is 1. The van der Waals surface area contributed by atoms with Gasteiger partial charge in [-0.05, 0) is 90.3 Å². The van der Waals surface area contributed by atoms with Crippen molar-refractivity contribution in [2.45, 2.75) is 103 Å². The number of aromatic nitrogens is 4. The van der Waals surface area contributed by atoms with Crippen molar-refractivity contribution in [3.05, 3.63) is 65.9 Å². The van der Waals surface area contributed by atoms with Crippen LogP contribution in [0.2, 0.25) is 0 Å². The van der Waals surface area contributed by atoms with Gasteiger partial charge in [0, 0.05) is 30.6 Å². The maximum Gasteiger partial charge on any atom is 0.407 e. The molecule has 5 N–H and O–H groups in total. The summed E-state index contributed by atoms with van der Waals surface area (Å²) in [7, 11) is 4.30. The van der Waals surface area contributed by atoms with Crippen molar-refractivity contribution in [3.63, 3.8) is 0 Å². The Morgan fingerprint density at radius 2 is 1.73 bits per heavy atom. The van der Waals surface area contributed by atoms with E-state index in [1.807, 2.05) is 56.7 Å². The second-order valence-electron chi connectivity index (χ2n) is 17.8. The summed E-state index contributed by atoms with van der Waals surface area (Å²) in [6.45, 7) is 11.4. The molecule has 5 heterocycles. The Morgan fingerprint density at radius 3 is 2.46 bits per heavy atom. The van der Waals surface area contributed by atoms with Gasteiger partial charge in [0.2, 0.25) is 5.91 Å². The zero-order valence-corrected chi connectivity index (χ0v) is 37.4. The number of alkyl carbamates (subject to hydrolysis) is 2. The topological polar surface area (TPSA) is 196 Å². The summed E-state index contributed by atoms with van der Waals surface area (Å²) in [5.41, 5.74) is 6.61. The van der Waals surface area contributed by atoms with Gasteiger partial charge in [-0.1, -0.05) is 52.3 Å².